The van der Waals surface area contributed by atoms with Crippen LogP contribution < -0.4 is 5.32 Å². The molecule has 1 aromatic heterocycles. The first-order valence-corrected chi connectivity index (χ1v) is 7.33. The summed E-state index contributed by atoms with van der Waals surface area (Å²) in [4.78, 5) is 14.6. The Labute approximate surface area is 115 Å². The summed E-state index contributed by atoms with van der Waals surface area (Å²) in [5.41, 5.74) is 0.794. The number of carbonyl (C=O) groups is 1. The van der Waals surface area contributed by atoms with Crippen molar-refractivity contribution >= 4 is 5.91 Å². The third-order valence-electron chi connectivity index (χ3n) is 3.88. The number of aromatic nitrogens is 1. The molecule has 19 heavy (non-hydrogen) atoms. The van der Waals surface area contributed by atoms with Crippen LogP contribution in [0.1, 0.15) is 36.7 Å². The summed E-state index contributed by atoms with van der Waals surface area (Å²) in [6, 6.07) is 3.84. The average Bonchev–Trinajstić information content (AvgIpc) is 2.85. The molecule has 0 spiro atoms. The Bertz CT molecular complexity index is 407. The fraction of sp³-hybridized carbons (Fsp3) is 0.667. The van der Waals surface area contributed by atoms with Crippen molar-refractivity contribution in [2.45, 2.75) is 26.2 Å². The molecule has 0 atom stereocenters. The van der Waals surface area contributed by atoms with Crippen molar-refractivity contribution in [2.75, 3.05) is 26.2 Å². The van der Waals surface area contributed by atoms with Crippen LogP contribution in [0.2, 0.25) is 0 Å². The third kappa shape index (κ3) is 3.60. The quantitative estimate of drug-likeness (QED) is 0.880. The van der Waals surface area contributed by atoms with Gasteiger partial charge in [0.25, 0.3) is 5.91 Å². The van der Waals surface area contributed by atoms with Crippen molar-refractivity contribution in [2.24, 2.45) is 13.0 Å². The molecule has 4 nitrogen and oxygen atoms in total. The van der Waals surface area contributed by atoms with Crippen molar-refractivity contribution in [1.29, 1.82) is 0 Å². The number of carbonyl (C=O) groups excluding carboxylic acids is 1. The molecule has 2 rings (SSSR count). The van der Waals surface area contributed by atoms with Crippen LogP contribution in [0, 0.1) is 5.92 Å². The summed E-state index contributed by atoms with van der Waals surface area (Å²) in [5, 5.41) is 3.38. The van der Waals surface area contributed by atoms with E-state index in [2.05, 4.69) is 12.2 Å². The SMILES string of the molecule is CCCN(CC1CCNCC1)C(=O)c1cccn1C. The number of piperidine rings is 1. The Hall–Kier alpha value is -1.29. The van der Waals surface area contributed by atoms with Crippen molar-refractivity contribution in [3.05, 3.63) is 24.0 Å². The van der Waals surface area contributed by atoms with E-state index < -0.39 is 0 Å². The highest BCUT2D eigenvalue weighted by Gasteiger charge is 2.22. The highest BCUT2D eigenvalue weighted by molar-refractivity contribution is 5.92. The fourth-order valence-corrected chi connectivity index (χ4v) is 2.77. The number of hydrogen-bond donors (Lipinski definition) is 1. The van der Waals surface area contributed by atoms with Crippen molar-refractivity contribution in [3.8, 4) is 0 Å². The smallest absolute Gasteiger partial charge is 0.270 e. The predicted octanol–water partition coefficient (Wildman–Crippen LogP) is 1.88. The van der Waals surface area contributed by atoms with Crippen molar-refractivity contribution in [1.82, 2.24) is 14.8 Å². The number of nitrogens with one attached hydrogen (secondary N) is 1. The molecule has 0 aliphatic carbocycles. The molecule has 106 valence electrons. The molecule has 0 radical (unpaired) electrons. The molecule has 1 aromatic rings. The molecule has 0 aromatic carbocycles. The van der Waals surface area contributed by atoms with E-state index in [1.807, 2.05) is 34.8 Å². The molecule has 0 saturated carbocycles. The summed E-state index contributed by atoms with van der Waals surface area (Å²) in [5.74, 6) is 0.824. The monoisotopic (exact) mass is 263 g/mol. The van der Waals surface area contributed by atoms with Crippen LogP contribution in [0.5, 0.6) is 0 Å². The Morgan fingerprint density at radius 2 is 2.21 bits per heavy atom. The van der Waals surface area contributed by atoms with Gasteiger partial charge in [0.1, 0.15) is 5.69 Å². The minimum Gasteiger partial charge on any atom is -0.347 e. The van der Waals surface area contributed by atoms with Gasteiger partial charge in [0.05, 0.1) is 0 Å². The standard InChI is InChI=1S/C15H25N3O/c1-3-10-18(12-13-6-8-16-9-7-13)15(19)14-5-4-11-17(14)2/h4-5,11,13,16H,3,6-10,12H2,1-2H3. The number of amides is 1. The molecule has 1 aliphatic rings. The van der Waals surface area contributed by atoms with Gasteiger partial charge in [0, 0.05) is 26.3 Å². The lowest BCUT2D eigenvalue weighted by atomic mass is 9.97. The molecule has 4 heteroatoms. The highest BCUT2D eigenvalue weighted by atomic mass is 16.2. The Balaban J connectivity index is 2.02. The van der Waals surface area contributed by atoms with Gasteiger partial charge < -0.3 is 14.8 Å². The Kier molecular flexibility index (Phi) is 5.02. The van der Waals surface area contributed by atoms with Gasteiger partial charge in [-0.1, -0.05) is 6.92 Å². The number of hydrogen-bond acceptors (Lipinski definition) is 2. The first-order chi connectivity index (χ1) is 9.22. The average molecular weight is 263 g/mol. The lowest BCUT2D eigenvalue weighted by Gasteiger charge is -2.30. The summed E-state index contributed by atoms with van der Waals surface area (Å²) in [7, 11) is 1.93. The maximum atomic E-state index is 12.6. The van der Waals surface area contributed by atoms with Crippen LogP contribution in [0.25, 0.3) is 0 Å². The highest BCUT2D eigenvalue weighted by Crippen LogP contribution is 2.16. The molecule has 1 fully saturated rings. The second-order valence-corrected chi connectivity index (χ2v) is 5.45. The summed E-state index contributed by atoms with van der Waals surface area (Å²) < 4.78 is 1.91. The van der Waals surface area contributed by atoms with Crippen LogP contribution in [-0.2, 0) is 7.05 Å². The zero-order chi connectivity index (χ0) is 13.7. The van der Waals surface area contributed by atoms with Crippen LogP contribution in [0.4, 0.5) is 0 Å². The summed E-state index contributed by atoms with van der Waals surface area (Å²) >= 11 is 0. The predicted molar refractivity (Wildman–Crippen MR) is 77.2 cm³/mol. The molecule has 1 aliphatic heterocycles. The van der Waals surface area contributed by atoms with E-state index in [4.69, 9.17) is 0 Å². The molecule has 1 N–H and O–H groups in total. The molecule has 1 saturated heterocycles. The minimum atomic E-state index is 0.174. The third-order valence-corrected chi connectivity index (χ3v) is 3.88. The molecule has 0 unspecified atom stereocenters. The van der Waals surface area contributed by atoms with Gasteiger partial charge in [0.15, 0.2) is 0 Å². The number of rotatable bonds is 5. The van der Waals surface area contributed by atoms with E-state index in [9.17, 15) is 4.79 Å². The van der Waals surface area contributed by atoms with Crippen molar-refractivity contribution < 1.29 is 4.79 Å². The van der Waals surface area contributed by atoms with Crippen LogP contribution in [-0.4, -0.2) is 41.6 Å². The van der Waals surface area contributed by atoms with Gasteiger partial charge in [-0.15, -0.1) is 0 Å². The lowest BCUT2D eigenvalue weighted by Crippen LogP contribution is -2.40. The Morgan fingerprint density at radius 1 is 1.47 bits per heavy atom. The van der Waals surface area contributed by atoms with Gasteiger partial charge in [-0.3, -0.25) is 4.79 Å². The van der Waals surface area contributed by atoms with Gasteiger partial charge in [-0.2, -0.15) is 0 Å². The van der Waals surface area contributed by atoms with E-state index in [0.29, 0.717) is 5.92 Å². The van der Waals surface area contributed by atoms with Gasteiger partial charge in [-0.25, -0.2) is 0 Å². The minimum absolute atomic E-state index is 0.174. The molecule has 0 bridgehead atoms. The van der Waals surface area contributed by atoms with E-state index in [-0.39, 0.29) is 5.91 Å². The normalized spacial score (nSPS) is 16.5. The largest absolute Gasteiger partial charge is 0.347 e. The second kappa shape index (κ2) is 6.75. The molecule has 1 amide bonds. The second-order valence-electron chi connectivity index (χ2n) is 5.45. The number of nitrogens with zero attached hydrogens (tertiary/aromatic N) is 2. The van der Waals surface area contributed by atoms with Crippen LogP contribution >= 0.6 is 0 Å². The van der Waals surface area contributed by atoms with E-state index >= 15 is 0 Å². The first kappa shape index (κ1) is 14.1. The fourth-order valence-electron chi connectivity index (χ4n) is 2.77. The van der Waals surface area contributed by atoms with Gasteiger partial charge >= 0.3 is 0 Å². The van der Waals surface area contributed by atoms with Crippen LogP contribution in [0.3, 0.4) is 0 Å². The summed E-state index contributed by atoms with van der Waals surface area (Å²) in [6.45, 7) is 6.06. The van der Waals surface area contributed by atoms with E-state index in [1.165, 1.54) is 12.8 Å². The zero-order valence-electron chi connectivity index (χ0n) is 12.1. The topological polar surface area (TPSA) is 37.3 Å². The van der Waals surface area contributed by atoms with Gasteiger partial charge in [0.2, 0.25) is 0 Å². The maximum absolute atomic E-state index is 12.6. The van der Waals surface area contributed by atoms with E-state index in [0.717, 1.165) is 38.3 Å². The van der Waals surface area contributed by atoms with Gasteiger partial charge in [-0.05, 0) is 50.4 Å². The summed E-state index contributed by atoms with van der Waals surface area (Å²) in [6.07, 6.45) is 5.31. The lowest BCUT2D eigenvalue weighted by molar-refractivity contribution is 0.0707. The molecule has 2 heterocycles. The maximum Gasteiger partial charge on any atom is 0.270 e. The molecular weight excluding hydrogens is 238 g/mol. The Morgan fingerprint density at radius 3 is 2.79 bits per heavy atom. The van der Waals surface area contributed by atoms with E-state index in [1.54, 1.807) is 0 Å². The number of aryl methyl sites for hydroxylation is 1. The zero-order valence-corrected chi connectivity index (χ0v) is 12.1. The van der Waals surface area contributed by atoms with Crippen molar-refractivity contribution in [3.63, 3.8) is 0 Å². The first-order valence-electron chi connectivity index (χ1n) is 7.33. The van der Waals surface area contributed by atoms with Crippen LogP contribution in [0.15, 0.2) is 18.3 Å². The molecular formula is C15H25N3O.